The molecule has 0 aromatic heterocycles. The number of rotatable bonds is 12. The Balaban J connectivity index is 4.31. The molecule has 0 saturated heterocycles. The van der Waals surface area contributed by atoms with Crippen LogP contribution in [0.5, 0.6) is 0 Å². The molecule has 0 aliphatic heterocycles. The minimum absolute atomic E-state index is 0.342. The Morgan fingerprint density at radius 2 is 1.71 bits per heavy atom. The molecule has 0 rings (SSSR count). The van der Waals surface area contributed by atoms with Gasteiger partial charge in [0, 0.05) is 26.8 Å². The molecule has 0 amide bonds. The molecule has 2 N–H and O–H groups in total. The van der Waals surface area contributed by atoms with Crippen LogP contribution in [0.1, 0.15) is 47.0 Å². The van der Waals surface area contributed by atoms with Gasteiger partial charge in [-0.05, 0) is 50.6 Å². The molecule has 4 heteroatoms. The maximum Gasteiger partial charge on any atom is 0.0615 e. The van der Waals surface area contributed by atoms with Crippen LogP contribution < -0.4 is 5.73 Å². The van der Waals surface area contributed by atoms with Gasteiger partial charge in [-0.15, -0.1) is 0 Å². The standard InChI is InChI=1S/C17H38N2O2/c1-15(14-21-6)19(12-13-20-5)11-7-8-16(9-10-18)17(2,3)4/h15-16H,7-14,18H2,1-6H3. The Morgan fingerprint density at radius 3 is 2.19 bits per heavy atom. The Morgan fingerprint density at radius 1 is 1.05 bits per heavy atom. The van der Waals surface area contributed by atoms with Crippen LogP contribution >= 0.6 is 0 Å². The van der Waals surface area contributed by atoms with Gasteiger partial charge < -0.3 is 15.2 Å². The van der Waals surface area contributed by atoms with E-state index in [-0.39, 0.29) is 0 Å². The van der Waals surface area contributed by atoms with Crippen LogP contribution in [0.2, 0.25) is 0 Å². The van der Waals surface area contributed by atoms with Crippen molar-refractivity contribution in [3.8, 4) is 0 Å². The van der Waals surface area contributed by atoms with E-state index >= 15 is 0 Å². The van der Waals surface area contributed by atoms with E-state index in [9.17, 15) is 0 Å². The lowest BCUT2D eigenvalue weighted by atomic mass is 9.76. The fourth-order valence-electron chi connectivity index (χ4n) is 2.86. The Hall–Kier alpha value is -0.160. The summed E-state index contributed by atoms with van der Waals surface area (Å²) in [7, 11) is 3.53. The van der Waals surface area contributed by atoms with Gasteiger partial charge in [0.2, 0.25) is 0 Å². The first-order chi connectivity index (χ1) is 9.86. The Bertz CT molecular complexity index is 241. The number of ether oxygens (including phenoxy) is 2. The molecule has 0 aliphatic rings. The molecule has 0 radical (unpaired) electrons. The van der Waals surface area contributed by atoms with Gasteiger partial charge in [0.25, 0.3) is 0 Å². The SMILES string of the molecule is COCCN(CCCC(CCN)C(C)(C)C)C(C)COC. The summed E-state index contributed by atoms with van der Waals surface area (Å²) in [6.07, 6.45) is 3.57. The molecule has 2 atom stereocenters. The summed E-state index contributed by atoms with van der Waals surface area (Å²) >= 11 is 0. The van der Waals surface area contributed by atoms with Gasteiger partial charge in [0.1, 0.15) is 0 Å². The first-order valence-corrected chi connectivity index (χ1v) is 8.28. The molecule has 0 fully saturated rings. The zero-order valence-electron chi connectivity index (χ0n) is 15.2. The molecule has 0 bridgehead atoms. The highest BCUT2D eigenvalue weighted by Gasteiger charge is 2.24. The number of hydrogen-bond donors (Lipinski definition) is 1. The fraction of sp³-hybridized carbons (Fsp3) is 1.00. The predicted molar refractivity (Wildman–Crippen MR) is 90.6 cm³/mol. The molecule has 128 valence electrons. The van der Waals surface area contributed by atoms with Crippen LogP contribution in [0.25, 0.3) is 0 Å². The van der Waals surface area contributed by atoms with Crippen molar-refractivity contribution < 1.29 is 9.47 Å². The summed E-state index contributed by atoms with van der Waals surface area (Å²) in [4.78, 5) is 2.47. The van der Waals surface area contributed by atoms with Crippen molar-refractivity contribution >= 4 is 0 Å². The lowest BCUT2D eigenvalue weighted by Gasteiger charge is -2.33. The molecule has 0 spiro atoms. The van der Waals surface area contributed by atoms with E-state index in [1.54, 1.807) is 14.2 Å². The van der Waals surface area contributed by atoms with E-state index in [1.165, 1.54) is 12.8 Å². The van der Waals surface area contributed by atoms with Crippen LogP contribution in [-0.4, -0.2) is 58.0 Å². The molecular formula is C17H38N2O2. The highest BCUT2D eigenvalue weighted by Crippen LogP contribution is 2.32. The maximum atomic E-state index is 5.77. The summed E-state index contributed by atoms with van der Waals surface area (Å²) in [5, 5.41) is 0. The molecule has 0 aliphatic carbocycles. The van der Waals surface area contributed by atoms with Gasteiger partial charge in [0.05, 0.1) is 13.2 Å². The quantitative estimate of drug-likeness (QED) is 0.602. The second-order valence-corrected chi connectivity index (χ2v) is 7.12. The summed E-state index contributed by atoms with van der Waals surface area (Å²) in [6, 6.07) is 0.438. The van der Waals surface area contributed by atoms with E-state index in [0.29, 0.717) is 17.4 Å². The summed E-state index contributed by atoms with van der Waals surface area (Å²) in [5.74, 6) is 0.699. The van der Waals surface area contributed by atoms with Crippen LogP contribution in [0.3, 0.4) is 0 Å². The first-order valence-electron chi connectivity index (χ1n) is 8.28. The molecule has 0 saturated carbocycles. The van der Waals surface area contributed by atoms with Crippen LogP contribution in [-0.2, 0) is 9.47 Å². The van der Waals surface area contributed by atoms with Gasteiger partial charge >= 0.3 is 0 Å². The van der Waals surface area contributed by atoms with Gasteiger partial charge in [-0.2, -0.15) is 0 Å². The smallest absolute Gasteiger partial charge is 0.0615 e. The van der Waals surface area contributed by atoms with Gasteiger partial charge in [-0.1, -0.05) is 20.8 Å². The molecule has 2 unspecified atom stereocenters. The third-order valence-electron chi connectivity index (χ3n) is 4.35. The lowest BCUT2D eigenvalue weighted by Crippen LogP contribution is -2.39. The van der Waals surface area contributed by atoms with Crippen molar-refractivity contribution in [2.75, 3.05) is 47.1 Å². The monoisotopic (exact) mass is 302 g/mol. The zero-order chi connectivity index (χ0) is 16.3. The Labute approximate surface area is 132 Å². The maximum absolute atomic E-state index is 5.77. The molecule has 4 nitrogen and oxygen atoms in total. The van der Waals surface area contributed by atoms with Crippen molar-refractivity contribution in [2.24, 2.45) is 17.1 Å². The van der Waals surface area contributed by atoms with E-state index in [4.69, 9.17) is 15.2 Å². The largest absolute Gasteiger partial charge is 0.383 e. The average Bonchev–Trinajstić information content (AvgIpc) is 2.40. The number of nitrogens with zero attached hydrogens (tertiary/aromatic N) is 1. The topological polar surface area (TPSA) is 47.7 Å². The summed E-state index contributed by atoms with van der Waals surface area (Å²) in [5.41, 5.74) is 6.11. The molecule has 0 aromatic carbocycles. The third-order valence-corrected chi connectivity index (χ3v) is 4.35. The zero-order valence-corrected chi connectivity index (χ0v) is 15.2. The minimum atomic E-state index is 0.342. The molecule has 0 heterocycles. The minimum Gasteiger partial charge on any atom is -0.383 e. The highest BCUT2D eigenvalue weighted by molar-refractivity contribution is 4.76. The molecule has 0 aromatic rings. The summed E-state index contributed by atoms with van der Waals surface area (Å²) < 4.78 is 10.5. The van der Waals surface area contributed by atoms with Gasteiger partial charge in [-0.25, -0.2) is 0 Å². The van der Waals surface area contributed by atoms with Crippen LogP contribution in [0.4, 0.5) is 0 Å². The van der Waals surface area contributed by atoms with Crippen molar-refractivity contribution in [1.82, 2.24) is 4.90 Å². The van der Waals surface area contributed by atoms with Crippen LogP contribution in [0, 0.1) is 11.3 Å². The molecule has 21 heavy (non-hydrogen) atoms. The van der Waals surface area contributed by atoms with Gasteiger partial charge in [0.15, 0.2) is 0 Å². The highest BCUT2D eigenvalue weighted by atomic mass is 16.5. The van der Waals surface area contributed by atoms with E-state index < -0.39 is 0 Å². The van der Waals surface area contributed by atoms with Crippen molar-refractivity contribution in [1.29, 1.82) is 0 Å². The predicted octanol–water partition coefficient (Wildman–Crippen LogP) is 2.76. The van der Waals surface area contributed by atoms with Crippen molar-refractivity contribution in [2.45, 2.75) is 53.0 Å². The van der Waals surface area contributed by atoms with Crippen LogP contribution in [0.15, 0.2) is 0 Å². The van der Waals surface area contributed by atoms with Gasteiger partial charge in [-0.3, -0.25) is 4.90 Å². The second-order valence-electron chi connectivity index (χ2n) is 7.12. The number of methoxy groups -OCH3 is 2. The van der Waals surface area contributed by atoms with E-state index in [1.807, 2.05) is 0 Å². The number of nitrogens with two attached hydrogens (primary N) is 1. The first kappa shape index (κ1) is 20.8. The third kappa shape index (κ3) is 9.46. The van der Waals surface area contributed by atoms with E-state index in [0.717, 1.165) is 39.3 Å². The second kappa shape index (κ2) is 11.4. The number of hydrogen-bond acceptors (Lipinski definition) is 4. The average molecular weight is 303 g/mol. The molecular weight excluding hydrogens is 264 g/mol. The normalized spacial score (nSPS) is 15.4. The lowest BCUT2D eigenvalue weighted by molar-refractivity contribution is 0.0713. The fourth-order valence-corrected chi connectivity index (χ4v) is 2.86. The van der Waals surface area contributed by atoms with E-state index in [2.05, 4.69) is 32.6 Å². The Kier molecular flexibility index (Phi) is 11.3. The summed E-state index contributed by atoms with van der Waals surface area (Å²) in [6.45, 7) is 13.6. The van der Waals surface area contributed by atoms with Crippen molar-refractivity contribution in [3.05, 3.63) is 0 Å². The van der Waals surface area contributed by atoms with Crippen molar-refractivity contribution in [3.63, 3.8) is 0 Å².